The zero-order valence-electron chi connectivity index (χ0n) is 11.5. The van der Waals surface area contributed by atoms with Gasteiger partial charge in [0.15, 0.2) is 0 Å². The topological polar surface area (TPSA) is 89.8 Å². The largest absolute Gasteiger partial charge is 0.467 e. The number of esters is 1. The molecule has 0 N–H and O–H groups in total. The quantitative estimate of drug-likeness (QED) is 0.481. The summed E-state index contributed by atoms with van der Waals surface area (Å²) in [6.45, 7) is 0.111. The lowest BCUT2D eigenvalue weighted by Gasteiger charge is -2.22. The third kappa shape index (κ3) is 2.61. The number of benzene rings is 1. The first-order valence-electron chi connectivity index (χ1n) is 6.39. The van der Waals surface area contributed by atoms with E-state index in [-0.39, 0.29) is 6.54 Å². The van der Waals surface area contributed by atoms with Gasteiger partial charge in [-0.1, -0.05) is 0 Å². The van der Waals surface area contributed by atoms with E-state index in [2.05, 4.69) is 4.74 Å². The SMILES string of the molecule is COC(=O)C1CCCN1C(=O)c1c(F)ccc([N+](=O)[O-])c1F. The summed E-state index contributed by atoms with van der Waals surface area (Å²) in [5.74, 6) is -4.57. The molecule has 1 atom stereocenters. The van der Waals surface area contributed by atoms with Crippen molar-refractivity contribution in [3.63, 3.8) is 0 Å². The Balaban J connectivity index is 2.43. The number of nitrogens with zero attached hydrogens (tertiary/aromatic N) is 2. The Labute approximate surface area is 123 Å². The molecule has 1 aromatic carbocycles. The standard InChI is InChI=1S/C13H12F2N2O5/c1-22-13(19)9-3-2-6-16(9)12(18)10-7(14)4-5-8(11(10)15)17(20)21/h4-5,9H,2-3,6H2,1H3. The van der Waals surface area contributed by atoms with Gasteiger partial charge < -0.3 is 9.64 Å². The molecule has 7 nitrogen and oxygen atoms in total. The Morgan fingerprint density at radius 1 is 1.41 bits per heavy atom. The second-order valence-electron chi connectivity index (χ2n) is 4.69. The van der Waals surface area contributed by atoms with Gasteiger partial charge in [-0.05, 0) is 18.9 Å². The smallest absolute Gasteiger partial charge is 0.328 e. The predicted octanol–water partition coefficient (Wildman–Crippen LogP) is 1.65. The fourth-order valence-electron chi connectivity index (χ4n) is 2.41. The van der Waals surface area contributed by atoms with E-state index >= 15 is 0 Å². The molecule has 1 heterocycles. The molecular weight excluding hydrogens is 302 g/mol. The molecule has 1 fully saturated rings. The van der Waals surface area contributed by atoms with Gasteiger partial charge in [-0.3, -0.25) is 14.9 Å². The molecule has 0 spiro atoms. The summed E-state index contributed by atoms with van der Waals surface area (Å²) in [6, 6.07) is 0.344. The second-order valence-corrected chi connectivity index (χ2v) is 4.69. The Bertz CT molecular complexity index is 650. The zero-order chi connectivity index (χ0) is 16.4. The molecule has 118 valence electrons. The molecule has 2 rings (SSSR count). The maximum atomic E-state index is 14.1. The van der Waals surface area contributed by atoms with Crippen molar-refractivity contribution >= 4 is 17.6 Å². The molecule has 1 amide bonds. The average Bonchev–Trinajstić information content (AvgIpc) is 2.95. The van der Waals surface area contributed by atoms with Crippen LogP contribution in [0, 0.1) is 21.7 Å². The molecular formula is C13H12F2N2O5. The third-order valence-corrected chi connectivity index (χ3v) is 3.47. The average molecular weight is 314 g/mol. The van der Waals surface area contributed by atoms with Gasteiger partial charge in [-0.2, -0.15) is 4.39 Å². The fraction of sp³-hybridized carbons (Fsp3) is 0.385. The Kier molecular flexibility index (Phi) is 4.34. The van der Waals surface area contributed by atoms with E-state index in [4.69, 9.17) is 0 Å². The molecule has 0 radical (unpaired) electrons. The van der Waals surface area contributed by atoms with Crippen molar-refractivity contribution in [3.05, 3.63) is 39.4 Å². The van der Waals surface area contributed by atoms with Gasteiger partial charge in [0.25, 0.3) is 5.91 Å². The van der Waals surface area contributed by atoms with Crippen LogP contribution in [0.4, 0.5) is 14.5 Å². The fourth-order valence-corrected chi connectivity index (χ4v) is 2.41. The number of likely N-dealkylation sites (tertiary alicyclic amines) is 1. The molecule has 1 aliphatic heterocycles. The van der Waals surface area contributed by atoms with Gasteiger partial charge in [-0.25, -0.2) is 9.18 Å². The molecule has 1 saturated heterocycles. The summed E-state index contributed by atoms with van der Waals surface area (Å²) >= 11 is 0. The van der Waals surface area contributed by atoms with Crippen LogP contribution in [0.25, 0.3) is 0 Å². The lowest BCUT2D eigenvalue weighted by Crippen LogP contribution is -2.41. The molecule has 0 saturated carbocycles. The van der Waals surface area contributed by atoms with Gasteiger partial charge in [0, 0.05) is 12.6 Å². The summed E-state index contributed by atoms with van der Waals surface area (Å²) in [5.41, 5.74) is -2.04. The van der Waals surface area contributed by atoms with E-state index in [1.54, 1.807) is 0 Å². The van der Waals surface area contributed by atoms with Gasteiger partial charge in [0.2, 0.25) is 5.82 Å². The number of ether oxygens (including phenoxy) is 1. The normalized spacial score (nSPS) is 17.4. The highest BCUT2D eigenvalue weighted by molar-refractivity contribution is 5.98. The van der Waals surface area contributed by atoms with E-state index in [1.807, 2.05) is 0 Å². The van der Waals surface area contributed by atoms with E-state index < -0.39 is 45.7 Å². The van der Waals surface area contributed by atoms with Crippen LogP contribution >= 0.6 is 0 Å². The number of carbonyl (C=O) groups is 2. The minimum absolute atomic E-state index is 0.111. The summed E-state index contributed by atoms with van der Waals surface area (Å²) in [6.07, 6.45) is 0.764. The van der Waals surface area contributed by atoms with Gasteiger partial charge in [0.05, 0.1) is 12.0 Å². The van der Waals surface area contributed by atoms with Crippen LogP contribution in [-0.4, -0.2) is 41.4 Å². The predicted molar refractivity (Wildman–Crippen MR) is 69.1 cm³/mol. The van der Waals surface area contributed by atoms with Crippen LogP contribution in [0.5, 0.6) is 0 Å². The first-order valence-corrected chi connectivity index (χ1v) is 6.39. The van der Waals surface area contributed by atoms with Crippen molar-refractivity contribution in [1.29, 1.82) is 0 Å². The Hall–Kier alpha value is -2.58. The Morgan fingerprint density at radius 3 is 2.68 bits per heavy atom. The van der Waals surface area contributed by atoms with Crippen LogP contribution < -0.4 is 0 Å². The van der Waals surface area contributed by atoms with E-state index in [9.17, 15) is 28.5 Å². The third-order valence-electron chi connectivity index (χ3n) is 3.47. The molecule has 1 aliphatic rings. The number of halogens is 2. The van der Waals surface area contributed by atoms with Crippen molar-refractivity contribution in [2.75, 3.05) is 13.7 Å². The van der Waals surface area contributed by atoms with Crippen molar-refractivity contribution in [2.24, 2.45) is 0 Å². The first kappa shape index (κ1) is 15.8. The van der Waals surface area contributed by atoms with Gasteiger partial charge in [-0.15, -0.1) is 0 Å². The molecule has 22 heavy (non-hydrogen) atoms. The second kappa shape index (κ2) is 6.04. The number of hydrogen-bond acceptors (Lipinski definition) is 5. The van der Waals surface area contributed by atoms with Crippen molar-refractivity contribution in [2.45, 2.75) is 18.9 Å². The van der Waals surface area contributed by atoms with Gasteiger partial charge in [0.1, 0.15) is 17.4 Å². The van der Waals surface area contributed by atoms with E-state index in [0.717, 1.165) is 12.0 Å². The van der Waals surface area contributed by atoms with Crippen molar-refractivity contribution in [1.82, 2.24) is 4.90 Å². The summed E-state index contributed by atoms with van der Waals surface area (Å²) in [5, 5.41) is 10.7. The maximum absolute atomic E-state index is 14.1. The van der Waals surface area contributed by atoms with Crippen molar-refractivity contribution in [3.8, 4) is 0 Å². The minimum Gasteiger partial charge on any atom is -0.467 e. The molecule has 0 aliphatic carbocycles. The number of nitro benzene ring substituents is 1. The maximum Gasteiger partial charge on any atom is 0.328 e. The lowest BCUT2D eigenvalue weighted by molar-refractivity contribution is -0.387. The molecule has 0 aromatic heterocycles. The highest BCUT2D eigenvalue weighted by Gasteiger charge is 2.38. The van der Waals surface area contributed by atoms with Crippen LogP contribution in [0.15, 0.2) is 12.1 Å². The summed E-state index contributed by atoms with van der Waals surface area (Å²) in [7, 11) is 1.14. The van der Waals surface area contributed by atoms with E-state index in [1.165, 1.54) is 0 Å². The molecule has 1 aromatic rings. The van der Waals surface area contributed by atoms with Crippen LogP contribution in [-0.2, 0) is 9.53 Å². The monoisotopic (exact) mass is 314 g/mol. The van der Waals surface area contributed by atoms with Crippen LogP contribution in [0.3, 0.4) is 0 Å². The molecule has 1 unspecified atom stereocenters. The number of methoxy groups -OCH3 is 1. The van der Waals surface area contributed by atoms with E-state index in [0.29, 0.717) is 25.0 Å². The van der Waals surface area contributed by atoms with Crippen LogP contribution in [0.2, 0.25) is 0 Å². The minimum atomic E-state index is -1.55. The number of rotatable bonds is 3. The number of nitro groups is 1. The number of carbonyl (C=O) groups excluding carboxylic acids is 2. The highest BCUT2D eigenvalue weighted by atomic mass is 19.1. The highest BCUT2D eigenvalue weighted by Crippen LogP contribution is 2.27. The number of amides is 1. The van der Waals surface area contributed by atoms with Crippen molar-refractivity contribution < 1.29 is 28.0 Å². The lowest BCUT2D eigenvalue weighted by atomic mass is 10.1. The zero-order valence-corrected chi connectivity index (χ0v) is 11.5. The molecule has 9 heteroatoms. The molecule has 0 bridgehead atoms. The Morgan fingerprint density at radius 2 is 2.09 bits per heavy atom. The summed E-state index contributed by atoms with van der Waals surface area (Å²) in [4.78, 5) is 34.5. The van der Waals surface area contributed by atoms with Gasteiger partial charge >= 0.3 is 11.7 Å². The summed E-state index contributed by atoms with van der Waals surface area (Å²) < 4.78 is 32.4. The first-order chi connectivity index (χ1) is 10.4. The number of hydrogen-bond donors (Lipinski definition) is 0. The van der Waals surface area contributed by atoms with Crippen LogP contribution in [0.1, 0.15) is 23.2 Å².